The largest absolute Gasteiger partial charge is 0.451 e. The summed E-state index contributed by atoms with van der Waals surface area (Å²) >= 11 is 1.40. The summed E-state index contributed by atoms with van der Waals surface area (Å²) in [5.41, 5.74) is 0.751. The molecule has 0 aliphatic rings. The van der Waals surface area contributed by atoms with Crippen LogP contribution in [0, 0.1) is 5.82 Å². The summed E-state index contributed by atoms with van der Waals surface area (Å²) in [4.78, 5) is 0. The van der Waals surface area contributed by atoms with Gasteiger partial charge in [0.2, 0.25) is 0 Å². The minimum absolute atomic E-state index is 0.273. The third kappa shape index (κ3) is 2.92. The molecule has 0 saturated carbocycles. The molecule has 74 valence electrons. The van der Waals surface area contributed by atoms with E-state index in [4.69, 9.17) is 4.74 Å². The predicted molar refractivity (Wildman–Crippen MR) is 59.2 cm³/mol. The molecule has 0 bridgehead atoms. The molecule has 0 saturated heterocycles. The highest BCUT2D eigenvalue weighted by Gasteiger charge is 2.01. The fourth-order valence-electron chi connectivity index (χ4n) is 0.874. The van der Waals surface area contributed by atoms with E-state index < -0.39 is 0 Å². The zero-order chi connectivity index (χ0) is 10.6. The zero-order valence-electron chi connectivity index (χ0n) is 7.92. The van der Waals surface area contributed by atoms with Gasteiger partial charge in [0.15, 0.2) is 5.09 Å². The number of halogens is 1. The zero-order valence-corrected chi connectivity index (χ0v) is 8.73. The monoisotopic (exact) mass is 210 g/mol. The molecular formula is C11H11FOS. The maximum atomic E-state index is 12.6. The van der Waals surface area contributed by atoms with Gasteiger partial charge in [-0.25, -0.2) is 4.39 Å². The number of ether oxygens (including phenoxy) is 1. The molecule has 1 aromatic rings. The predicted octanol–water partition coefficient (Wildman–Crippen LogP) is 3.65. The number of thioether (sulfide) groups is 1. The maximum Gasteiger partial charge on any atom is 0.153 e. The van der Waals surface area contributed by atoms with Crippen molar-refractivity contribution in [1.82, 2.24) is 0 Å². The van der Waals surface area contributed by atoms with E-state index in [1.807, 2.05) is 6.26 Å². The first-order valence-electron chi connectivity index (χ1n) is 3.99. The molecule has 1 nitrogen and oxygen atoms in total. The van der Waals surface area contributed by atoms with E-state index in [-0.39, 0.29) is 5.82 Å². The molecule has 3 heteroatoms. The lowest BCUT2D eigenvalue weighted by atomic mass is 10.2. The SMILES string of the molecule is C=C(OC(=C)c1ccc(F)cc1)SC. The van der Waals surface area contributed by atoms with Gasteiger partial charge in [0.1, 0.15) is 11.6 Å². The van der Waals surface area contributed by atoms with Crippen molar-refractivity contribution in [2.75, 3.05) is 6.26 Å². The van der Waals surface area contributed by atoms with Gasteiger partial charge in [-0.05, 0) is 37.1 Å². The van der Waals surface area contributed by atoms with E-state index in [0.717, 1.165) is 5.56 Å². The summed E-state index contributed by atoms with van der Waals surface area (Å²) in [7, 11) is 0. The Balaban J connectivity index is 2.70. The molecule has 1 aromatic carbocycles. The van der Waals surface area contributed by atoms with Gasteiger partial charge >= 0.3 is 0 Å². The lowest BCUT2D eigenvalue weighted by Crippen LogP contribution is -1.88. The molecule has 0 heterocycles. The lowest BCUT2D eigenvalue weighted by Gasteiger charge is -2.08. The molecule has 0 atom stereocenters. The lowest BCUT2D eigenvalue weighted by molar-refractivity contribution is 0.425. The van der Waals surface area contributed by atoms with Gasteiger partial charge in [0, 0.05) is 5.56 Å². The fraction of sp³-hybridized carbons (Fsp3) is 0.0909. The number of benzene rings is 1. The smallest absolute Gasteiger partial charge is 0.153 e. The molecule has 14 heavy (non-hydrogen) atoms. The van der Waals surface area contributed by atoms with Gasteiger partial charge in [-0.15, -0.1) is 0 Å². The topological polar surface area (TPSA) is 9.23 Å². The van der Waals surface area contributed by atoms with Gasteiger partial charge in [-0.1, -0.05) is 18.3 Å². The van der Waals surface area contributed by atoms with Crippen LogP contribution in [-0.4, -0.2) is 6.26 Å². The van der Waals surface area contributed by atoms with Crippen LogP contribution in [0.5, 0.6) is 0 Å². The normalized spacial score (nSPS) is 9.57. The van der Waals surface area contributed by atoms with Crippen molar-refractivity contribution in [1.29, 1.82) is 0 Å². The minimum atomic E-state index is -0.273. The Hall–Kier alpha value is -1.22. The van der Waals surface area contributed by atoms with Crippen LogP contribution in [0.15, 0.2) is 42.5 Å². The number of hydrogen-bond acceptors (Lipinski definition) is 2. The van der Waals surface area contributed by atoms with E-state index in [9.17, 15) is 4.39 Å². The summed E-state index contributed by atoms with van der Waals surface area (Å²) in [6.07, 6.45) is 1.86. The first-order chi connectivity index (χ1) is 6.63. The third-order valence-corrected chi connectivity index (χ3v) is 2.17. The molecule has 0 fully saturated rings. The summed E-state index contributed by atoms with van der Waals surface area (Å²) in [6.45, 7) is 7.39. The van der Waals surface area contributed by atoms with Crippen molar-refractivity contribution < 1.29 is 9.13 Å². The van der Waals surface area contributed by atoms with E-state index in [2.05, 4.69) is 13.2 Å². The molecule has 0 unspecified atom stereocenters. The quantitative estimate of drug-likeness (QED) is 0.701. The minimum Gasteiger partial charge on any atom is -0.451 e. The highest BCUT2D eigenvalue weighted by atomic mass is 32.2. The van der Waals surface area contributed by atoms with Crippen molar-refractivity contribution in [2.45, 2.75) is 0 Å². The van der Waals surface area contributed by atoms with Crippen molar-refractivity contribution in [2.24, 2.45) is 0 Å². The Kier molecular flexibility index (Phi) is 3.77. The van der Waals surface area contributed by atoms with Crippen LogP contribution in [0.4, 0.5) is 4.39 Å². The standard InChI is InChI=1S/C11H11FOS/c1-8(13-9(2)14-3)10-4-6-11(12)7-5-10/h4-7H,1-2H2,3H3. The Labute approximate surface area is 87.3 Å². The van der Waals surface area contributed by atoms with E-state index in [1.54, 1.807) is 12.1 Å². The highest BCUT2D eigenvalue weighted by molar-refractivity contribution is 8.02. The van der Waals surface area contributed by atoms with Crippen molar-refractivity contribution in [3.05, 3.63) is 53.9 Å². The summed E-state index contributed by atoms with van der Waals surface area (Å²) < 4.78 is 17.9. The van der Waals surface area contributed by atoms with E-state index in [1.165, 1.54) is 23.9 Å². The number of rotatable bonds is 4. The van der Waals surface area contributed by atoms with Gasteiger partial charge in [0.05, 0.1) is 0 Å². The van der Waals surface area contributed by atoms with Crippen LogP contribution in [0.2, 0.25) is 0 Å². The number of hydrogen-bond donors (Lipinski definition) is 0. The van der Waals surface area contributed by atoms with E-state index in [0.29, 0.717) is 10.9 Å². The van der Waals surface area contributed by atoms with E-state index >= 15 is 0 Å². The molecular weight excluding hydrogens is 199 g/mol. The molecule has 0 aliphatic heterocycles. The third-order valence-electron chi connectivity index (χ3n) is 1.63. The van der Waals surface area contributed by atoms with Crippen molar-refractivity contribution >= 4 is 17.5 Å². The molecule has 0 amide bonds. The van der Waals surface area contributed by atoms with Crippen molar-refractivity contribution in [3.63, 3.8) is 0 Å². The fourth-order valence-corrected chi connectivity index (χ4v) is 1.06. The summed E-state index contributed by atoms with van der Waals surface area (Å²) in [5, 5.41) is 0.569. The van der Waals surface area contributed by atoms with Gasteiger partial charge in [-0.2, -0.15) is 0 Å². The molecule has 1 rings (SSSR count). The average molecular weight is 210 g/mol. The second-order valence-corrected chi connectivity index (χ2v) is 3.47. The summed E-state index contributed by atoms with van der Waals surface area (Å²) in [5.74, 6) is 0.203. The summed E-state index contributed by atoms with van der Waals surface area (Å²) in [6, 6.07) is 5.97. The molecule has 0 aliphatic carbocycles. The average Bonchev–Trinajstić information content (AvgIpc) is 2.18. The van der Waals surface area contributed by atoms with Gasteiger partial charge in [-0.3, -0.25) is 0 Å². The molecule has 0 N–H and O–H groups in total. The Morgan fingerprint density at radius 1 is 1.29 bits per heavy atom. The molecule has 0 spiro atoms. The van der Waals surface area contributed by atoms with Crippen LogP contribution in [-0.2, 0) is 4.74 Å². The maximum absolute atomic E-state index is 12.6. The van der Waals surface area contributed by atoms with Crippen LogP contribution in [0.25, 0.3) is 5.76 Å². The van der Waals surface area contributed by atoms with Crippen LogP contribution >= 0.6 is 11.8 Å². The van der Waals surface area contributed by atoms with Gasteiger partial charge in [0.25, 0.3) is 0 Å². The molecule has 0 aromatic heterocycles. The first kappa shape index (κ1) is 10.9. The highest BCUT2D eigenvalue weighted by Crippen LogP contribution is 2.21. The van der Waals surface area contributed by atoms with Crippen LogP contribution < -0.4 is 0 Å². The second kappa shape index (κ2) is 4.86. The van der Waals surface area contributed by atoms with Gasteiger partial charge < -0.3 is 4.74 Å². The molecule has 0 radical (unpaired) electrons. The Morgan fingerprint density at radius 3 is 2.36 bits per heavy atom. The van der Waals surface area contributed by atoms with Crippen LogP contribution in [0.3, 0.4) is 0 Å². The Bertz CT molecular complexity index is 343. The first-order valence-corrected chi connectivity index (χ1v) is 5.21. The van der Waals surface area contributed by atoms with Crippen LogP contribution in [0.1, 0.15) is 5.56 Å². The Morgan fingerprint density at radius 2 is 1.86 bits per heavy atom. The van der Waals surface area contributed by atoms with Crippen molar-refractivity contribution in [3.8, 4) is 0 Å². The second-order valence-electron chi connectivity index (χ2n) is 2.61.